The van der Waals surface area contributed by atoms with Gasteiger partial charge in [0.2, 0.25) is 11.8 Å². The van der Waals surface area contributed by atoms with Crippen LogP contribution in [0.2, 0.25) is 10.0 Å². The third-order valence-corrected chi connectivity index (χ3v) is 9.59. The summed E-state index contributed by atoms with van der Waals surface area (Å²) in [5.74, 6) is -1.26. The Bertz CT molecular complexity index is 1570. The summed E-state index contributed by atoms with van der Waals surface area (Å²) < 4.78 is 69.3. The van der Waals surface area contributed by atoms with E-state index >= 15 is 0 Å². The van der Waals surface area contributed by atoms with Crippen LogP contribution in [-0.2, 0) is 32.3 Å². The summed E-state index contributed by atoms with van der Waals surface area (Å²) in [5, 5.41) is 3.02. The number of benzene rings is 3. The topological polar surface area (TPSA) is 86.8 Å². The van der Waals surface area contributed by atoms with Crippen LogP contribution in [0.3, 0.4) is 0 Å². The summed E-state index contributed by atoms with van der Waals surface area (Å²) in [7, 11) is -4.60. The van der Waals surface area contributed by atoms with Crippen LogP contribution in [0.15, 0.2) is 77.7 Å². The van der Waals surface area contributed by atoms with Crippen LogP contribution < -0.4 is 9.62 Å². The zero-order chi connectivity index (χ0) is 31.4. The monoisotopic (exact) mass is 655 g/mol. The van der Waals surface area contributed by atoms with E-state index in [2.05, 4.69) is 5.32 Å². The van der Waals surface area contributed by atoms with Crippen molar-refractivity contribution in [2.24, 2.45) is 0 Å². The average Bonchev–Trinajstić information content (AvgIpc) is 3.47. The summed E-state index contributed by atoms with van der Waals surface area (Å²) >= 11 is 12.4. The van der Waals surface area contributed by atoms with E-state index in [-0.39, 0.29) is 22.5 Å². The lowest BCUT2D eigenvalue weighted by molar-refractivity contribution is -0.139. The molecule has 4 rings (SSSR count). The van der Waals surface area contributed by atoms with Gasteiger partial charge in [-0.3, -0.25) is 13.9 Å². The average molecular weight is 657 g/mol. The molecule has 13 heteroatoms. The van der Waals surface area contributed by atoms with Crippen LogP contribution in [0.1, 0.15) is 43.7 Å². The summed E-state index contributed by atoms with van der Waals surface area (Å²) in [6, 6.07) is 14.7. The summed E-state index contributed by atoms with van der Waals surface area (Å²) in [5.41, 5.74) is -1.11. The van der Waals surface area contributed by atoms with Gasteiger partial charge >= 0.3 is 6.18 Å². The van der Waals surface area contributed by atoms with Crippen LogP contribution in [0.4, 0.5) is 18.9 Å². The molecule has 0 aliphatic heterocycles. The second-order valence-corrected chi connectivity index (χ2v) is 13.0. The van der Waals surface area contributed by atoms with E-state index in [1.165, 1.54) is 36.1 Å². The second-order valence-electron chi connectivity index (χ2n) is 10.3. The van der Waals surface area contributed by atoms with Crippen molar-refractivity contribution in [1.82, 2.24) is 10.2 Å². The molecule has 0 radical (unpaired) electrons. The molecule has 230 valence electrons. The number of carbonyl (C=O) groups is 2. The van der Waals surface area contributed by atoms with Crippen molar-refractivity contribution in [3.8, 4) is 0 Å². The molecule has 1 aliphatic rings. The van der Waals surface area contributed by atoms with Gasteiger partial charge in [0.1, 0.15) is 12.6 Å². The van der Waals surface area contributed by atoms with Crippen molar-refractivity contribution in [2.75, 3.05) is 10.8 Å². The number of rotatable bonds is 10. The van der Waals surface area contributed by atoms with Gasteiger partial charge in [0.05, 0.1) is 21.2 Å². The molecule has 7 nitrogen and oxygen atoms in total. The Labute approximate surface area is 258 Å². The van der Waals surface area contributed by atoms with Gasteiger partial charge in [0.15, 0.2) is 0 Å². The lowest BCUT2D eigenvalue weighted by atomic mass is 10.1. The van der Waals surface area contributed by atoms with Crippen molar-refractivity contribution >= 4 is 50.7 Å². The highest BCUT2D eigenvalue weighted by atomic mass is 35.5. The van der Waals surface area contributed by atoms with E-state index in [0.29, 0.717) is 21.0 Å². The number of anilines is 1. The number of halogens is 5. The van der Waals surface area contributed by atoms with Gasteiger partial charge in [-0.2, -0.15) is 13.2 Å². The zero-order valence-corrected chi connectivity index (χ0v) is 25.5. The van der Waals surface area contributed by atoms with Gasteiger partial charge in [-0.05, 0) is 67.8 Å². The van der Waals surface area contributed by atoms with Crippen LogP contribution in [0.25, 0.3) is 0 Å². The van der Waals surface area contributed by atoms with E-state index in [1.54, 1.807) is 30.3 Å². The first-order valence-electron chi connectivity index (χ1n) is 13.6. The standard InChI is InChI=1S/C30H30Cl2F3N3O4S/c1-20(29(40)36-24-10-5-6-11-24)37(18-21-8-7-9-23(31)16-21)28(39)19-38(43(41,42)25-12-3-2-4-13-25)27-17-22(30(33,34)35)14-15-26(27)32/h2-4,7-9,12-17,20,24H,5-6,10-11,18-19H2,1H3,(H,36,40). The van der Waals surface area contributed by atoms with E-state index in [0.717, 1.165) is 37.8 Å². The molecule has 1 fully saturated rings. The van der Waals surface area contributed by atoms with Crippen molar-refractivity contribution in [1.29, 1.82) is 0 Å². The molecular formula is C30H30Cl2F3N3O4S. The molecule has 0 saturated heterocycles. The smallest absolute Gasteiger partial charge is 0.352 e. The molecule has 3 aromatic carbocycles. The van der Waals surface area contributed by atoms with E-state index in [9.17, 15) is 31.2 Å². The number of nitrogens with zero attached hydrogens (tertiary/aromatic N) is 2. The van der Waals surface area contributed by atoms with Gasteiger partial charge in [-0.1, -0.05) is 66.4 Å². The summed E-state index contributed by atoms with van der Waals surface area (Å²) in [6.45, 7) is 0.466. The van der Waals surface area contributed by atoms with Crippen LogP contribution in [0, 0.1) is 0 Å². The van der Waals surface area contributed by atoms with Gasteiger partial charge < -0.3 is 10.2 Å². The number of nitrogens with one attached hydrogen (secondary N) is 1. The Balaban J connectivity index is 1.76. The highest BCUT2D eigenvalue weighted by Gasteiger charge is 2.36. The van der Waals surface area contributed by atoms with Gasteiger partial charge in [-0.25, -0.2) is 8.42 Å². The van der Waals surface area contributed by atoms with E-state index in [1.807, 2.05) is 0 Å². The molecule has 2 amide bonds. The molecular weight excluding hydrogens is 626 g/mol. The molecule has 3 aromatic rings. The lowest BCUT2D eigenvalue weighted by Crippen LogP contribution is -2.52. The first kappa shape index (κ1) is 32.6. The molecule has 1 saturated carbocycles. The fraction of sp³-hybridized carbons (Fsp3) is 0.333. The molecule has 0 spiro atoms. The van der Waals surface area contributed by atoms with Crippen LogP contribution in [0.5, 0.6) is 0 Å². The molecule has 1 N–H and O–H groups in total. The first-order chi connectivity index (χ1) is 20.3. The molecule has 43 heavy (non-hydrogen) atoms. The van der Waals surface area contributed by atoms with Crippen LogP contribution in [-0.4, -0.2) is 43.8 Å². The molecule has 1 aliphatic carbocycles. The lowest BCUT2D eigenvalue weighted by Gasteiger charge is -2.33. The second kappa shape index (κ2) is 13.6. The molecule has 0 bridgehead atoms. The number of carbonyl (C=O) groups excluding carboxylic acids is 2. The minimum absolute atomic E-state index is 0.0445. The third kappa shape index (κ3) is 8.01. The maximum Gasteiger partial charge on any atom is 0.416 e. The van der Waals surface area contributed by atoms with Crippen molar-refractivity contribution in [2.45, 2.75) is 62.3 Å². The number of sulfonamides is 1. The van der Waals surface area contributed by atoms with Gasteiger partial charge in [-0.15, -0.1) is 0 Å². The molecule has 1 atom stereocenters. The van der Waals surface area contributed by atoms with Gasteiger partial charge in [0, 0.05) is 17.6 Å². The fourth-order valence-corrected chi connectivity index (χ4v) is 6.85. The number of hydrogen-bond acceptors (Lipinski definition) is 4. The fourth-order valence-electron chi connectivity index (χ4n) is 4.92. The number of amides is 2. The van der Waals surface area contributed by atoms with E-state index in [4.69, 9.17) is 23.2 Å². The number of hydrogen-bond donors (Lipinski definition) is 1. The highest BCUT2D eigenvalue weighted by Crippen LogP contribution is 2.37. The maximum absolute atomic E-state index is 14.0. The molecule has 0 aromatic heterocycles. The Morgan fingerprint density at radius 2 is 1.65 bits per heavy atom. The van der Waals surface area contributed by atoms with Crippen molar-refractivity contribution < 1.29 is 31.2 Å². The normalized spacial score (nSPS) is 14.7. The predicted molar refractivity (Wildman–Crippen MR) is 159 cm³/mol. The largest absolute Gasteiger partial charge is 0.416 e. The Morgan fingerprint density at radius 1 is 0.977 bits per heavy atom. The summed E-state index contributed by atoms with van der Waals surface area (Å²) in [4.78, 5) is 28.2. The molecule has 0 heterocycles. The Kier molecular flexibility index (Phi) is 10.3. The van der Waals surface area contributed by atoms with Crippen LogP contribution >= 0.6 is 23.2 Å². The predicted octanol–water partition coefficient (Wildman–Crippen LogP) is 6.68. The zero-order valence-electron chi connectivity index (χ0n) is 23.2. The quantitative estimate of drug-likeness (QED) is 0.264. The highest BCUT2D eigenvalue weighted by molar-refractivity contribution is 7.92. The SMILES string of the molecule is CC(C(=O)NC1CCCC1)N(Cc1cccc(Cl)c1)C(=O)CN(c1cc(C(F)(F)F)ccc1Cl)S(=O)(=O)c1ccccc1. The van der Waals surface area contributed by atoms with Crippen molar-refractivity contribution in [3.05, 3.63) is 94.0 Å². The Hall–Kier alpha value is -3.28. The Morgan fingerprint density at radius 3 is 2.28 bits per heavy atom. The first-order valence-corrected chi connectivity index (χ1v) is 15.8. The van der Waals surface area contributed by atoms with E-state index < -0.39 is 51.9 Å². The maximum atomic E-state index is 14.0. The molecule has 1 unspecified atom stereocenters. The summed E-state index contributed by atoms with van der Waals surface area (Å²) in [6.07, 6.45) is -1.27. The van der Waals surface area contributed by atoms with Gasteiger partial charge in [0.25, 0.3) is 10.0 Å². The van der Waals surface area contributed by atoms with Crippen molar-refractivity contribution in [3.63, 3.8) is 0 Å². The number of alkyl halides is 3. The third-order valence-electron chi connectivity index (χ3n) is 7.26. The minimum Gasteiger partial charge on any atom is -0.352 e. The minimum atomic E-state index is -4.81.